The molecule has 0 saturated carbocycles. The molecule has 5 nitrogen and oxygen atoms in total. The van der Waals surface area contributed by atoms with Crippen molar-refractivity contribution in [1.29, 1.82) is 0 Å². The molecule has 4 aromatic rings. The topological polar surface area (TPSA) is 76.5 Å². The monoisotopic (exact) mass is 494 g/mol. The van der Waals surface area contributed by atoms with Crippen molar-refractivity contribution in [2.75, 3.05) is 0 Å². The Balaban J connectivity index is 1.72. The molecular formula is C26H23FN2O3S2. The number of rotatable bonds is 5. The summed E-state index contributed by atoms with van der Waals surface area (Å²) < 4.78 is 55.9. The summed E-state index contributed by atoms with van der Waals surface area (Å²) in [5.41, 5.74) is 2.04. The largest absolute Gasteiger partial charge is 0.244 e. The van der Waals surface area contributed by atoms with Gasteiger partial charge in [0.15, 0.2) is 5.03 Å². The molecule has 1 heterocycles. The molecule has 0 aliphatic carbocycles. The van der Waals surface area contributed by atoms with Gasteiger partial charge in [-0.25, -0.2) is 22.0 Å². The molecule has 0 aliphatic heterocycles. The molecule has 4 rings (SSSR count). The van der Waals surface area contributed by atoms with E-state index in [1.54, 1.807) is 57.2 Å². The van der Waals surface area contributed by atoms with Crippen LogP contribution in [0.25, 0.3) is 21.9 Å². The van der Waals surface area contributed by atoms with E-state index < -0.39 is 25.6 Å². The van der Waals surface area contributed by atoms with Crippen molar-refractivity contribution in [3.8, 4) is 11.1 Å². The first kappa shape index (κ1) is 23.9. The van der Waals surface area contributed by atoms with Crippen LogP contribution in [0.3, 0.4) is 0 Å². The highest BCUT2D eigenvalue weighted by Gasteiger charge is 2.24. The van der Waals surface area contributed by atoms with Gasteiger partial charge in [-0.15, -0.1) is 0 Å². The van der Waals surface area contributed by atoms with Crippen LogP contribution in [0, 0.1) is 5.82 Å². The number of pyridine rings is 1. The SMILES string of the molecule is CC(C)(C)S(=O)N=Cc1cccnc1S(=O)(=O)c1ccc2cc(-c3ccc(F)cc3)ccc2c1. The fourth-order valence-electron chi connectivity index (χ4n) is 3.31. The molecule has 0 aliphatic rings. The van der Waals surface area contributed by atoms with E-state index >= 15 is 0 Å². The van der Waals surface area contributed by atoms with E-state index in [1.807, 2.05) is 18.2 Å². The lowest BCUT2D eigenvalue weighted by Crippen LogP contribution is -2.19. The van der Waals surface area contributed by atoms with Crippen LogP contribution in [0.1, 0.15) is 26.3 Å². The fraction of sp³-hybridized carbons (Fsp3) is 0.154. The second kappa shape index (κ2) is 9.19. The van der Waals surface area contributed by atoms with Crippen LogP contribution in [0.5, 0.6) is 0 Å². The van der Waals surface area contributed by atoms with Gasteiger partial charge in [-0.05, 0) is 85.1 Å². The van der Waals surface area contributed by atoms with E-state index in [9.17, 15) is 17.0 Å². The zero-order chi connectivity index (χ0) is 24.5. The summed E-state index contributed by atoms with van der Waals surface area (Å²) in [6, 6.07) is 19.9. The average molecular weight is 495 g/mol. The van der Waals surface area contributed by atoms with Gasteiger partial charge in [0.25, 0.3) is 0 Å². The molecule has 8 heteroatoms. The maximum atomic E-state index is 13.4. The molecule has 1 aromatic heterocycles. The molecule has 3 aromatic carbocycles. The van der Waals surface area contributed by atoms with Crippen LogP contribution in [-0.4, -0.2) is 28.6 Å². The highest BCUT2D eigenvalue weighted by atomic mass is 32.2. The molecule has 0 radical (unpaired) electrons. The van der Waals surface area contributed by atoms with Crippen LogP contribution < -0.4 is 0 Å². The lowest BCUT2D eigenvalue weighted by Gasteiger charge is -2.13. The maximum Gasteiger partial charge on any atom is 0.224 e. The van der Waals surface area contributed by atoms with Gasteiger partial charge in [0.1, 0.15) is 16.8 Å². The van der Waals surface area contributed by atoms with Gasteiger partial charge in [-0.2, -0.15) is 4.40 Å². The number of nitrogens with zero attached hydrogens (tertiary/aromatic N) is 2. The summed E-state index contributed by atoms with van der Waals surface area (Å²) in [5, 5.41) is 1.45. The molecule has 0 amide bonds. The smallest absolute Gasteiger partial charge is 0.224 e. The van der Waals surface area contributed by atoms with Crippen molar-refractivity contribution in [1.82, 2.24) is 4.98 Å². The Labute approximate surface area is 200 Å². The molecule has 0 fully saturated rings. The van der Waals surface area contributed by atoms with Gasteiger partial charge in [0, 0.05) is 18.0 Å². The van der Waals surface area contributed by atoms with E-state index in [4.69, 9.17) is 0 Å². The summed E-state index contributed by atoms with van der Waals surface area (Å²) in [7, 11) is -5.48. The molecule has 0 saturated heterocycles. The Bertz CT molecular complexity index is 1520. The van der Waals surface area contributed by atoms with Gasteiger partial charge < -0.3 is 0 Å². The van der Waals surface area contributed by atoms with Crippen LogP contribution in [0.4, 0.5) is 4.39 Å². The van der Waals surface area contributed by atoms with Gasteiger partial charge in [-0.1, -0.05) is 30.3 Å². The molecule has 0 bridgehead atoms. The van der Waals surface area contributed by atoms with Gasteiger partial charge in [0.2, 0.25) is 9.84 Å². The Morgan fingerprint density at radius 3 is 2.26 bits per heavy atom. The molecule has 0 N–H and O–H groups in total. The number of sulfone groups is 1. The Kier molecular flexibility index (Phi) is 6.47. The summed E-state index contributed by atoms with van der Waals surface area (Å²) >= 11 is 0. The average Bonchev–Trinajstić information content (AvgIpc) is 2.82. The minimum Gasteiger partial charge on any atom is -0.244 e. The van der Waals surface area contributed by atoms with Crippen molar-refractivity contribution in [2.24, 2.45) is 4.40 Å². The summed E-state index contributed by atoms with van der Waals surface area (Å²) in [5.74, 6) is -0.303. The third kappa shape index (κ3) is 4.98. The Morgan fingerprint density at radius 2 is 1.56 bits per heavy atom. The molecule has 34 heavy (non-hydrogen) atoms. The van der Waals surface area contributed by atoms with Crippen LogP contribution >= 0.6 is 0 Å². The van der Waals surface area contributed by atoms with Crippen molar-refractivity contribution in [3.63, 3.8) is 0 Å². The van der Waals surface area contributed by atoms with Gasteiger partial charge in [0.05, 0.1) is 9.64 Å². The standard InChI is InChI=1S/C26H23FN2O3S2/c1-26(2,3)33(30)29-17-22-5-4-14-28-25(22)34(31,32)24-13-10-20-15-19(6-7-21(20)16-24)18-8-11-23(27)12-9-18/h4-17H,1-3H3. The van der Waals surface area contributed by atoms with E-state index in [2.05, 4.69) is 9.38 Å². The van der Waals surface area contributed by atoms with E-state index in [1.165, 1.54) is 30.6 Å². The second-order valence-electron chi connectivity index (χ2n) is 8.73. The lowest BCUT2D eigenvalue weighted by molar-refractivity contribution is 0.592. The maximum absolute atomic E-state index is 13.4. The van der Waals surface area contributed by atoms with Crippen LogP contribution in [-0.2, 0) is 20.8 Å². The zero-order valence-corrected chi connectivity index (χ0v) is 20.5. The van der Waals surface area contributed by atoms with E-state index in [0.29, 0.717) is 0 Å². The minimum atomic E-state index is -3.95. The number of benzene rings is 3. The molecule has 1 unspecified atom stereocenters. The predicted molar refractivity (Wildman–Crippen MR) is 135 cm³/mol. The molecule has 1 atom stereocenters. The van der Waals surface area contributed by atoms with Gasteiger partial charge in [-0.3, -0.25) is 0 Å². The quantitative estimate of drug-likeness (QED) is 0.331. The lowest BCUT2D eigenvalue weighted by atomic mass is 10.0. The normalized spacial score (nSPS) is 13.4. The first-order valence-corrected chi connectivity index (χ1v) is 13.1. The zero-order valence-electron chi connectivity index (χ0n) is 18.9. The second-order valence-corrected chi connectivity index (χ2v) is 12.5. The highest BCUT2D eigenvalue weighted by molar-refractivity contribution is 7.91. The third-order valence-electron chi connectivity index (χ3n) is 5.17. The van der Waals surface area contributed by atoms with Crippen molar-refractivity contribution in [2.45, 2.75) is 35.4 Å². The van der Waals surface area contributed by atoms with Crippen LogP contribution in [0.15, 0.2) is 93.3 Å². The fourth-order valence-corrected chi connectivity index (χ4v) is 5.22. The van der Waals surface area contributed by atoms with Crippen molar-refractivity contribution >= 4 is 37.8 Å². The first-order valence-electron chi connectivity index (χ1n) is 10.5. The number of aromatic nitrogens is 1. The summed E-state index contributed by atoms with van der Waals surface area (Å²) in [6.07, 6.45) is 2.71. The number of halogens is 1. The number of hydrogen-bond acceptors (Lipinski definition) is 4. The first-order chi connectivity index (χ1) is 16.1. The van der Waals surface area contributed by atoms with Crippen LogP contribution in [0.2, 0.25) is 0 Å². The molecule has 174 valence electrons. The minimum absolute atomic E-state index is 0.0971. The highest BCUT2D eigenvalue weighted by Crippen LogP contribution is 2.29. The number of hydrogen-bond donors (Lipinski definition) is 0. The predicted octanol–water partition coefficient (Wildman–Crippen LogP) is 5.75. The number of fused-ring (bicyclic) bond motifs is 1. The Morgan fingerprint density at radius 1 is 0.912 bits per heavy atom. The van der Waals surface area contributed by atoms with E-state index in [0.717, 1.165) is 21.9 Å². The van der Waals surface area contributed by atoms with Gasteiger partial charge >= 0.3 is 0 Å². The third-order valence-corrected chi connectivity index (χ3v) is 8.24. The van der Waals surface area contributed by atoms with Crippen molar-refractivity contribution < 1.29 is 17.0 Å². The molecule has 0 spiro atoms. The molecular weight excluding hydrogens is 471 g/mol. The van der Waals surface area contributed by atoms with E-state index in [-0.39, 0.29) is 21.3 Å². The summed E-state index contributed by atoms with van der Waals surface area (Å²) in [4.78, 5) is 4.20. The Hall–Kier alpha value is -3.23. The van der Waals surface area contributed by atoms with Crippen molar-refractivity contribution in [3.05, 3.63) is 90.4 Å². The summed E-state index contributed by atoms with van der Waals surface area (Å²) in [6.45, 7) is 5.37.